The predicted molar refractivity (Wildman–Crippen MR) is 97.7 cm³/mol. The van der Waals surface area contributed by atoms with Crippen LogP contribution in [0.1, 0.15) is 0 Å². The molecule has 0 aliphatic heterocycles. The molecule has 0 spiro atoms. The van der Waals surface area contributed by atoms with Gasteiger partial charge in [-0.25, -0.2) is 9.37 Å². The van der Waals surface area contributed by atoms with E-state index in [0.29, 0.717) is 11.4 Å². The molecule has 0 amide bonds. The average Bonchev–Trinajstić information content (AvgIpc) is 3.10. The van der Waals surface area contributed by atoms with Crippen LogP contribution in [0.4, 0.5) is 4.39 Å². The lowest BCUT2D eigenvalue weighted by atomic mass is 10.2. The molecule has 0 saturated heterocycles. The number of ether oxygens (including phenoxy) is 1. The van der Waals surface area contributed by atoms with Crippen molar-refractivity contribution in [3.05, 3.63) is 82.2 Å². The van der Waals surface area contributed by atoms with E-state index in [1.165, 1.54) is 22.8 Å². The van der Waals surface area contributed by atoms with Crippen LogP contribution in [0.25, 0.3) is 22.6 Å². The Hall–Kier alpha value is -3.12. The molecule has 0 radical (unpaired) electrons. The number of hydrogen-bond acceptors (Lipinski definition) is 3. The van der Waals surface area contributed by atoms with Crippen molar-refractivity contribution >= 4 is 17.2 Å². The van der Waals surface area contributed by atoms with Gasteiger partial charge in [0.2, 0.25) is 5.65 Å². The molecule has 0 fully saturated rings. The molecule has 0 aliphatic rings. The van der Waals surface area contributed by atoms with Gasteiger partial charge < -0.3 is 9.14 Å². The van der Waals surface area contributed by atoms with Crippen LogP contribution in [-0.4, -0.2) is 21.1 Å². The van der Waals surface area contributed by atoms with Crippen LogP contribution in [0.15, 0.2) is 65.8 Å². The first-order chi connectivity index (χ1) is 12.6. The second-order valence-corrected chi connectivity index (χ2v) is 6.06. The van der Waals surface area contributed by atoms with Crippen LogP contribution in [0.5, 0.6) is 5.75 Å². The Labute approximate surface area is 152 Å². The Morgan fingerprint density at radius 2 is 1.88 bits per heavy atom. The summed E-state index contributed by atoms with van der Waals surface area (Å²) in [5, 5.41) is -0.0449. The first-order valence-corrected chi connectivity index (χ1v) is 8.15. The molecule has 2 aromatic carbocycles. The monoisotopic (exact) mass is 369 g/mol. The molecule has 2 aromatic heterocycles. The summed E-state index contributed by atoms with van der Waals surface area (Å²) in [7, 11) is 1.60. The van der Waals surface area contributed by atoms with Crippen molar-refractivity contribution in [3.63, 3.8) is 0 Å². The highest BCUT2D eigenvalue weighted by Gasteiger charge is 2.11. The minimum absolute atomic E-state index is 0.0449. The van der Waals surface area contributed by atoms with Crippen molar-refractivity contribution in [2.75, 3.05) is 7.11 Å². The van der Waals surface area contributed by atoms with Crippen LogP contribution >= 0.6 is 11.6 Å². The van der Waals surface area contributed by atoms with Gasteiger partial charge >= 0.3 is 0 Å². The number of fused-ring (bicyclic) bond motifs is 1. The summed E-state index contributed by atoms with van der Waals surface area (Å²) in [4.78, 5) is 17.2. The van der Waals surface area contributed by atoms with E-state index in [1.54, 1.807) is 30.1 Å². The SMILES string of the molecule is COc1ccc(-c2cn3ccn(-c4ccc(F)c(Cl)c4)c(=O)c3n2)cc1. The number of hydrogen-bond donors (Lipinski definition) is 0. The van der Waals surface area contributed by atoms with E-state index in [0.717, 1.165) is 11.3 Å². The summed E-state index contributed by atoms with van der Waals surface area (Å²) in [6, 6.07) is 11.5. The minimum Gasteiger partial charge on any atom is -0.497 e. The summed E-state index contributed by atoms with van der Waals surface area (Å²) < 4.78 is 21.6. The first kappa shape index (κ1) is 16.4. The van der Waals surface area contributed by atoms with Crippen LogP contribution < -0.4 is 10.3 Å². The second-order valence-electron chi connectivity index (χ2n) is 5.66. The van der Waals surface area contributed by atoms with Gasteiger partial charge in [-0.1, -0.05) is 11.6 Å². The molecule has 7 heteroatoms. The molecular weight excluding hydrogens is 357 g/mol. The Bertz CT molecular complexity index is 1170. The van der Waals surface area contributed by atoms with Gasteiger partial charge in [0.1, 0.15) is 11.6 Å². The van der Waals surface area contributed by atoms with Gasteiger partial charge in [0.15, 0.2) is 0 Å². The van der Waals surface area contributed by atoms with Gasteiger partial charge in [-0.05, 0) is 42.5 Å². The number of methoxy groups -OCH3 is 1. The van der Waals surface area contributed by atoms with Gasteiger partial charge in [-0.2, -0.15) is 0 Å². The van der Waals surface area contributed by atoms with Gasteiger partial charge in [0.25, 0.3) is 5.56 Å². The normalized spacial score (nSPS) is 11.0. The highest BCUT2D eigenvalue weighted by molar-refractivity contribution is 6.30. The van der Waals surface area contributed by atoms with Crippen LogP contribution in [0, 0.1) is 5.82 Å². The Morgan fingerprint density at radius 1 is 1.12 bits per heavy atom. The van der Waals surface area contributed by atoms with Crippen LogP contribution in [0.2, 0.25) is 5.02 Å². The van der Waals surface area contributed by atoms with Crippen molar-refractivity contribution in [1.82, 2.24) is 14.0 Å². The molecule has 0 saturated carbocycles. The van der Waals surface area contributed by atoms with Crippen LogP contribution in [0.3, 0.4) is 0 Å². The molecule has 130 valence electrons. The molecule has 0 unspecified atom stereocenters. The number of halogens is 2. The third-order valence-corrected chi connectivity index (χ3v) is 4.38. The van der Waals surface area contributed by atoms with E-state index in [4.69, 9.17) is 16.3 Å². The quantitative estimate of drug-likeness (QED) is 0.549. The zero-order valence-electron chi connectivity index (χ0n) is 13.7. The molecule has 0 bridgehead atoms. The first-order valence-electron chi connectivity index (χ1n) is 7.77. The smallest absolute Gasteiger partial charge is 0.298 e. The van der Waals surface area contributed by atoms with Gasteiger partial charge in [0, 0.05) is 24.2 Å². The lowest BCUT2D eigenvalue weighted by molar-refractivity contribution is 0.415. The zero-order chi connectivity index (χ0) is 18.3. The number of benzene rings is 2. The summed E-state index contributed by atoms with van der Waals surface area (Å²) in [5.41, 5.74) is 1.94. The molecule has 26 heavy (non-hydrogen) atoms. The highest BCUT2D eigenvalue weighted by atomic mass is 35.5. The minimum atomic E-state index is -0.535. The average molecular weight is 370 g/mol. The van der Waals surface area contributed by atoms with Crippen LogP contribution in [-0.2, 0) is 0 Å². The number of aromatic nitrogens is 3. The molecule has 5 nitrogen and oxygen atoms in total. The highest BCUT2D eigenvalue weighted by Crippen LogP contribution is 2.22. The van der Waals surface area contributed by atoms with Crippen molar-refractivity contribution in [1.29, 1.82) is 0 Å². The van der Waals surface area contributed by atoms with Gasteiger partial charge in [0.05, 0.1) is 23.5 Å². The van der Waals surface area contributed by atoms with Gasteiger partial charge in [-0.15, -0.1) is 0 Å². The maximum absolute atomic E-state index is 13.4. The zero-order valence-corrected chi connectivity index (χ0v) is 14.4. The summed E-state index contributed by atoms with van der Waals surface area (Å²) in [6.07, 6.45) is 5.09. The molecule has 2 heterocycles. The summed E-state index contributed by atoms with van der Waals surface area (Å²) in [5.74, 6) is 0.209. The third kappa shape index (κ3) is 2.74. The molecule has 0 N–H and O–H groups in total. The lowest BCUT2D eigenvalue weighted by Crippen LogP contribution is -2.20. The van der Waals surface area contributed by atoms with Crippen molar-refractivity contribution in [3.8, 4) is 22.7 Å². The number of imidazole rings is 1. The predicted octanol–water partition coefficient (Wildman–Crippen LogP) is 3.95. The lowest BCUT2D eigenvalue weighted by Gasteiger charge is -2.06. The maximum Gasteiger partial charge on any atom is 0.298 e. The van der Waals surface area contributed by atoms with E-state index in [1.807, 2.05) is 24.3 Å². The summed E-state index contributed by atoms with van der Waals surface area (Å²) >= 11 is 5.82. The Kier molecular flexibility index (Phi) is 3.97. The Morgan fingerprint density at radius 3 is 2.58 bits per heavy atom. The molecule has 4 rings (SSSR count). The number of nitrogens with zero attached hydrogens (tertiary/aromatic N) is 3. The fraction of sp³-hybridized carbons (Fsp3) is 0.0526. The Balaban J connectivity index is 1.82. The second kappa shape index (κ2) is 6.31. The number of rotatable bonds is 3. The maximum atomic E-state index is 13.4. The molecular formula is C19H13ClFN3O2. The molecule has 0 atom stereocenters. The van der Waals surface area contributed by atoms with Gasteiger partial charge in [-0.3, -0.25) is 9.36 Å². The van der Waals surface area contributed by atoms with Crippen molar-refractivity contribution < 1.29 is 9.13 Å². The topological polar surface area (TPSA) is 48.5 Å². The van der Waals surface area contributed by atoms with E-state index >= 15 is 0 Å². The van der Waals surface area contributed by atoms with E-state index in [9.17, 15) is 9.18 Å². The third-order valence-electron chi connectivity index (χ3n) is 4.09. The fourth-order valence-electron chi connectivity index (χ4n) is 2.72. The van der Waals surface area contributed by atoms with E-state index in [2.05, 4.69) is 4.98 Å². The van der Waals surface area contributed by atoms with E-state index < -0.39 is 5.82 Å². The summed E-state index contributed by atoms with van der Waals surface area (Å²) in [6.45, 7) is 0. The van der Waals surface area contributed by atoms with Crippen molar-refractivity contribution in [2.24, 2.45) is 0 Å². The van der Waals surface area contributed by atoms with Crippen molar-refractivity contribution in [2.45, 2.75) is 0 Å². The molecule has 0 aliphatic carbocycles. The molecule has 4 aromatic rings. The standard InChI is InChI=1S/C19H13ClFN3O2/c1-26-14-5-2-12(3-6-14)17-11-23-8-9-24(19(25)18(23)22-17)13-4-7-16(21)15(20)10-13/h2-11H,1H3. The fourth-order valence-corrected chi connectivity index (χ4v) is 2.89. The van der Waals surface area contributed by atoms with E-state index in [-0.39, 0.29) is 16.2 Å². The largest absolute Gasteiger partial charge is 0.497 e.